The zero-order valence-electron chi connectivity index (χ0n) is 10.0. The summed E-state index contributed by atoms with van der Waals surface area (Å²) in [5.41, 5.74) is 0.813. The van der Waals surface area contributed by atoms with Gasteiger partial charge in [-0.1, -0.05) is 0 Å². The first-order valence-electron chi connectivity index (χ1n) is 5.03. The molecule has 0 radical (unpaired) electrons. The van der Waals surface area contributed by atoms with E-state index >= 15 is 0 Å². The van der Waals surface area contributed by atoms with Crippen molar-refractivity contribution in [3.63, 3.8) is 0 Å². The van der Waals surface area contributed by atoms with Crippen LogP contribution < -0.4 is 9.16 Å². The highest BCUT2D eigenvalue weighted by Gasteiger charge is 2.19. The van der Waals surface area contributed by atoms with Crippen molar-refractivity contribution in [2.75, 3.05) is 7.11 Å². The molecule has 0 heterocycles. The molecule has 0 aliphatic rings. The van der Waals surface area contributed by atoms with Crippen LogP contribution in [0.2, 0.25) is 19.6 Å². The molecular weight excluding hydrogens is 335 g/mol. The second kappa shape index (κ2) is 5.37. The third-order valence-corrected chi connectivity index (χ3v) is 3.60. The van der Waals surface area contributed by atoms with Crippen molar-refractivity contribution < 1.29 is 14.3 Å². The Morgan fingerprint density at radius 2 is 1.88 bits per heavy atom. The maximum absolute atomic E-state index is 9.29. The van der Waals surface area contributed by atoms with Gasteiger partial charge in [0.1, 0.15) is 11.5 Å². The number of aliphatic hydroxyl groups is 1. The fourth-order valence-corrected chi connectivity index (χ4v) is 2.88. The summed E-state index contributed by atoms with van der Waals surface area (Å²) in [7, 11) is -0.0345. The van der Waals surface area contributed by atoms with Crippen molar-refractivity contribution in [3.05, 3.63) is 21.3 Å². The van der Waals surface area contributed by atoms with Gasteiger partial charge in [0, 0.05) is 11.6 Å². The summed E-state index contributed by atoms with van der Waals surface area (Å²) in [5.74, 6) is 1.52. The summed E-state index contributed by atoms with van der Waals surface area (Å²) in [4.78, 5) is 0. The SMILES string of the molecule is COc1cc(O[Si](C)(C)C)c(CO)cc1I. The Hall–Kier alpha value is -0.273. The highest BCUT2D eigenvalue weighted by atomic mass is 127. The van der Waals surface area contributed by atoms with Crippen LogP contribution in [0.5, 0.6) is 11.5 Å². The number of aliphatic hydroxyl groups excluding tert-OH is 1. The van der Waals surface area contributed by atoms with E-state index in [9.17, 15) is 5.11 Å². The first-order valence-corrected chi connectivity index (χ1v) is 9.52. The lowest BCUT2D eigenvalue weighted by Gasteiger charge is -2.22. The summed E-state index contributed by atoms with van der Waals surface area (Å²) in [6.45, 7) is 6.32. The summed E-state index contributed by atoms with van der Waals surface area (Å²) in [5, 5.41) is 9.29. The molecule has 3 nitrogen and oxygen atoms in total. The van der Waals surface area contributed by atoms with Crippen LogP contribution in [0.4, 0.5) is 0 Å². The van der Waals surface area contributed by atoms with Crippen LogP contribution in [0.3, 0.4) is 0 Å². The van der Waals surface area contributed by atoms with E-state index in [-0.39, 0.29) is 6.61 Å². The average molecular weight is 352 g/mol. The molecular formula is C11H17IO3Si. The number of benzene rings is 1. The fraction of sp³-hybridized carbons (Fsp3) is 0.455. The van der Waals surface area contributed by atoms with Crippen molar-refractivity contribution in [3.8, 4) is 11.5 Å². The molecule has 90 valence electrons. The average Bonchev–Trinajstić information content (AvgIpc) is 2.18. The van der Waals surface area contributed by atoms with E-state index < -0.39 is 8.32 Å². The predicted molar refractivity (Wildman–Crippen MR) is 75.6 cm³/mol. The number of ether oxygens (including phenoxy) is 1. The number of methoxy groups -OCH3 is 1. The monoisotopic (exact) mass is 352 g/mol. The largest absolute Gasteiger partial charge is 0.544 e. The second-order valence-electron chi connectivity index (χ2n) is 4.47. The molecule has 0 atom stereocenters. The number of hydrogen-bond acceptors (Lipinski definition) is 3. The lowest BCUT2D eigenvalue weighted by atomic mass is 10.2. The van der Waals surface area contributed by atoms with Crippen LogP contribution >= 0.6 is 22.6 Å². The first kappa shape index (κ1) is 13.8. The van der Waals surface area contributed by atoms with Crippen LogP contribution in [-0.2, 0) is 6.61 Å². The van der Waals surface area contributed by atoms with Crippen LogP contribution in [0.1, 0.15) is 5.56 Å². The molecule has 1 rings (SSSR count). The lowest BCUT2D eigenvalue weighted by Crippen LogP contribution is -2.29. The molecule has 1 aromatic rings. The zero-order valence-corrected chi connectivity index (χ0v) is 13.2. The molecule has 0 aliphatic heterocycles. The molecule has 1 aromatic carbocycles. The minimum Gasteiger partial charge on any atom is -0.544 e. The Morgan fingerprint density at radius 3 is 2.31 bits per heavy atom. The maximum atomic E-state index is 9.29. The third-order valence-electron chi connectivity index (χ3n) is 1.92. The van der Waals surface area contributed by atoms with Crippen molar-refractivity contribution >= 4 is 30.9 Å². The van der Waals surface area contributed by atoms with Gasteiger partial charge in [0.25, 0.3) is 0 Å². The van der Waals surface area contributed by atoms with E-state index in [1.807, 2.05) is 12.1 Å². The third kappa shape index (κ3) is 3.64. The molecule has 0 spiro atoms. The highest BCUT2D eigenvalue weighted by Crippen LogP contribution is 2.31. The Balaban J connectivity index is 3.15. The molecule has 0 unspecified atom stereocenters. The summed E-state index contributed by atoms with van der Waals surface area (Å²) in [6.07, 6.45) is 0. The van der Waals surface area contributed by atoms with Gasteiger partial charge in [0.2, 0.25) is 8.32 Å². The van der Waals surface area contributed by atoms with Gasteiger partial charge in [0.05, 0.1) is 17.3 Å². The standard InChI is InChI=1S/C11H17IO3Si/c1-14-11-6-10(15-16(2,3)4)8(7-13)5-9(11)12/h5-6,13H,7H2,1-4H3. The van der Waals surface area contributed by atoms with E-state index in [0.717, 1.165) is 20.6 Å². The minimum atomic E-state index is -1.67. The zero-order chi connectivity index (χ0) is 12.3. The van der Waals surface area contributed by atoms with Gasteiger partial charge in [-0.25, -0.2) is 0 Å². The van der Waals surface area contributed by atoms with Crippen LogP contribution in [0.25, 0.3) is 0 Å². The van der Waals surface area contributed by atoms with Gasteiger partial charge in [-0.2, -0.15) is 0 Å². The van der Waals surface area contributed by atoms with E-state index in [1.165, 1.54) is 0 Å². The molecule has 0 bridgehead atoms. The van der Waals surface area contributed by atoms with Gasteiger partial charge >= 0.3 is 0 Å². The van der Waals surface area contributed by atoms with Crippen LogP contribution in [0.15, 0.2) is 12.1 Å². The van der Waals surface area contributed by atoms with Crippen LogP contribution in [0, 0.1) is 3.57 Å². The van der Waals surface area contributed by atoms with E-state index in [0.29, 0.717) is 0 Å². The van der Waals surface area contributed by atoms with Gasteiger partial charge in [0.15, 0.2) is 0 Å². The first-order chi connectivity index (χ1) is 7.37. The van der Waals surface area contributed by atoms with Gasteiger partial charge in [-0.05, 0) is 48.3 Å². The number of hydrogen-bond donors (Lipinski definition) is 1. The van der Waals surface area contributed by atoms with E-state index in [1.54, 1.807) is 7.11 Å². The summed E-state index contributed by atoms with van der Waals surface area (Å²) >= 11 is 2.18. The minimum absolute atomic E-state index is 0.0141. The van der Waals surface area contributed by atoms with Crippen molar-refractivity contribution in [1.29, 1.82) is 0 Å². The molecule has 16 heavy (non-hydrogen) atoms. The maximum Gasteiger partial charge on any atom is 0.242 e. The highest BCUT2D eigenvalue weighted by molar-refractivity contribution is 14.1. The Labute approximate surface area is 111 Å². The molecule has 1 N–H and O–H groups in total. The Morgan fingerprint density at radius 1 is 1.25 bits per heavy atom. The van der Waals surface area contributed by atoms with Gasteiger partial charge in [-0.15, -0.1) is 0 Å². The smallest absolute Gasteiger partial charge is 0.242 e. The Kier molecular flexibility index (Phi) is 4.63. The van der Waals surface area contributed by atoms with Gasteiger partial charge in [-0.3, -0.25) is 0 Å². The summed E-state index contributed by atoms with van der Waals surface area (Å²) in [6, 6.07) is 3.75. The number of rotatable bonds is 4. The van der Waals surface area contributed by atoms with Crippen molar-refractivity contribution in [2.45, 2.75) is 26.2 Å². The lowest BCUT2D eigenvalue weighted by molar-refractivity contribution is 0.277. The molecule has 0 saturated heterocycles. The normalized spacial score (nSPS) is 11.4. The predicted octanol–water partition coefficient (Wildman–Crippen LogP) is 3.01. The van der Waals surface area contributed by atoms with Crippen LogP contribution in [-0.4, -0.2) is 20.5 Å². The summed E-state index contributed by atoms with van der Waals surface area (Å²) < 4.78 is 12.1. The fourth-order valence-electron chi connectivity index (χ4n) is 1.28. The molecule has 0 aromatic heterocycles. The quantitative estimate of drug-likeness (QED) is 0.669. The van der Waals surface area contributed by atoms with E-state index in [4.69, 9.17) is 9.16 Å². The van der Waals surface area contributed by atoms with Crippen molar-refractivity contribution in [2.24, 2.45) is 0 Å². The molecule has 0 saturated carbocycles. The molecule has 0 fully saturated rings. The van der Waals surface area contributed by atoms with Crippen molar-refractivity contribution in [1.82, 2.24) is 0 Å². The van der Waals surface area contributed by atoms with E-state index in [2.05, 4.69) is 42.2 Å². The molecule has 0 aliphatic carbocycles. The van der Waals surface area contributed by atoms with Gasteiger partial charge < -0.3 is 14.3 Å². The molecule has 0 amide bonds. The number of halogens is 1. The topological polar surface area (TPSA) is 38.7 Å². The molecule has 5 heteroatoms. The Bertz CT molecular complexity index is 374. The second-order valence-corrected chi connectivity index (χ2v) is 10.1.